The van der Waals surface area contributed by atoms with Gasteiger partial charge in [-0.05, 0) is 11.6 Å². The minimum absolute atomic E-state index is 0.109. The summed E-state index contributed by atoms with van der Waals surface area (Å²) in [6.07, 6.45) is -0.109. The standard InChI is InChI=1S/C17H12N2O/c18-11-10-15(20)16-13-8-4-5-9-14(13)19-17(16)12-6-2-1-3-7-12/h1-9,19H,10H2. The number of fused-ring (bicyclic) bond motifs is 1. The number of H-pyrrole nitrogens is 1. The largest absolute Gasteiger partial charge is 0.354 e. The Morgan fingerprint density at radius 3 is 2.50 bits per heavy atom. The number of hydrogen-bond donors (Lipinski definition) is 1. The fourth-order valence-electron chi connectivity index (χ4n) is 2.41. The highest BCUT2D eigenvalue weighted by atomic mass is 16.1. The minimum Gasteiger partial charge on any atom is -0.354 e. The van der Waals surface area contributed by atoms with Gasteiger partial charge in [0.05, 0.1) is 23.7 Å². The fourth-order valence-corrected chi connectivity index (χ4v) is 2.41. The monoisotopic (exact) mass is 260 g/mol. The van der Waals surface area contributed by atoms with E-state index in [1.807, 2.05) is 60.7 Å². The average Bonchev–Trinajstić information content (AvgIpc) is 2.88. The Balaban J connectivity index is 2.29. The molecule has 0 bridgehead atoms. The predicted octanol–water partition coefficient (Wildman–Crippen LogP) is 3.93. The summed E-state index contributed by atoms with van der Waals surface area (Å²) in [7, 11) is 0. The molecule has 3 heteroatoms. The Labute approximate surface area is 116 Å². The van der Waals surface area contributed by atoms with Crippen LogP contribution >= 0.6 is 0 Å². The van der Waals surface area contributed by atoms with Gasteiger partial charge in [-0.1, -0.05) is 48.5 Å². The first-order valence-corrected chi connectivity index (χ1v) is 6.37. The summed E-state index contributed by atoms with van der Waals surface area (Å²) in [5, 5.41) is 9.66. The van der Waals surface area contributed by atoms with Crippen molar-refractivity contribution in [2.75, 3.05) is 0 Å². The van der Waals surface area contributed by atoms with Gasteiger partial charge in [-0.25, -0.2) is 0 Å². The van der Waals surface area contributed by atoms with Crippen LogP contribution in [-0.4, -0.2) is 10.8 Å². The van der Waals surface area contributed by atoms with Crippen molar-refractivity contribution < 1.29 is 4.79 Å². The molecule has 0 saturated heterocycles. The lowest BCUT2D eigenvalue weighted by Gasteiger charge is -2.02. The molecule has 3 aromatic rings. The lowest BCUT2D eigenvalue weighted by molar-refractivity contribution is 0.1000. The molecule has 0 atom stereocenters. The third kappa shape index (κ3) is 1.98. The molecule has 0 fully saturated rings. The second kappa shape index (κ2) is 5.02. The zero-order valence-corrected chi connectivity index (χ0v) is 10.8. The van der Waals surface area contributed by atoms with Crippen molar-refractivity contribution in [3.63, 3.8) is 0 Å². The van der Waals surface area contributed by atoms with Crippen LogP contribution in [0.4, 0.5) is 0 Å². The number of aromatic nitrogens is 1. The Kier molecular flexibility index (Phi) is 3.06. The Bertz CT molecular complexity index is 810. The van der Waals surface area contributed by atoms with Crippen molar-refractivity contribution in [3.05, 3.63) is 60.2 Å². The van der Waals surface area contributed by atoms with E-state index >= 15 is 0 Å². The number of Topliss-reactive ketones (excluding diaryl/α,β-unsaturated/α-hetero) is 1. The van der Waals surface area contributed by atoms with Gasteiger partial charge in [-0.2, -0.15) is 5.26 Å². The Hall–Kier alpha value is -2.86. The molecule has 0 aliphatic rings. The van der Waals surface area contributed by atoms with Crippen LogP contribution in [0, 0.1) is 11.3 Å². The van der Waals surface area contributed by atoms with Gasteiger partial charge in [0.15, 0.2) is 5.78 Å². The number of carbonyl (C=O) groups excluding carboxylic acids is 1. The molecule has 1 aromatic heterocycles. The number of ketones is 1. The average molecular weight is 260 g/mol. The van der Waals surface area contributed by atoms with Crippen LogP contribution in [0.3, 0.4) is 0 Å². The van der Waals surface area contributed by atoms with Gasteiger partial charge in [-0.3, -0.25) is 4.79 Å². The number of hydrogen-bond acceptors (Lipinski definition) is 2. The van der Waals surface area contributed by atoms with Crippen molar-refractivity contribution in [2.24, 2.45) is 0 Å². The third-order valence-corrected chi connectivity index (χ3v) is 3.29. The number of carbonyl (C=O) groups is 1. The second-order valence-corrected chi connectivity index (χ2v) is 4.54. The number of para-hydroxylation sites is 1. The van der Waals surface area contributed by atoms with Crippen LogP contribution in [0.2, 0.25) is 0 Å². The zero-order chi connectivity index (χ0) is 13.9. The quantitative estimate of drug-likeness (QED) is 0.725. The van der Waals surface area contributed by atoms with Gasteiger partial charge >= 0.3 is 0 Å². The van der Waals surface area contributed by atoms with E-state index in [4.69, 9.17) is 5.26 Å². The molecule has 1 N–H and O–H groups in total. The van der Waals surface area contributed by atoms with E-state index in [0.717, 1.165) is 22.2 Å². The first kappa shape index (κ1) is 12.2. The van der Waals surface area contributed by atoms with Gasteiger partial charge in [0, 0.05) is 10.9 Å². The molecule has 0 saturated carbocycles. The van der Waals surface area contributed by atoms with E-state index in [1.54, 1.807) is 0 Å². The topological polar surface area (TPSA) is 56.6 Å². The molecule has 20 heavy (non-hydrogen) atoms. The molecule has 0 aliphatic heterocycles. The molecular weight excluding hydrogens is 248 g/mol. The molecule has 0 unspecified atom stereocenters. The van der Waals surface area contributed by atoms with Crippen LogP contribution in [0.1, 0.15) is 16.8 Å². The first-order chi connectivity index (χ1) is 9.81. The Morgan fingerprint density at radius 2 is 1.75 bits per heavy atom. The van der Waals surface area contributed by atoms with Gasteiger partial charge in [-0.15, -0.1) is 0 Å². The molecule has 2 aromatic carbocycles. The van der Waals surface area contributed by atoms with Gasteiger partial charge in [0.25, 0.3) is 0 Å². The molecule has 3 rings (SSSR count). The number of rotatable bonds is 3. The van der Waals surface area contributed by atoms with E-state index in [1.165, 1.54) is 0 Å². The number of aromatic amines is 1. The van der Waals surface area contributed by atoms with Crippen LogP contribution in [0.5, 0.6) is 0 Å². The molecule has 0 amide bonds. The SMILES string of the molecule is N#CCC(=O)c1c(-c2ccccc2)[nH]c2ccccc12. The lowest BCUT2D eigenvalue weighted by Crippen LogP contribution is -1.98. The zero-order valence-electron chi connectivity index (χ0n) is 10.8. The molecule has 96 valence electrons. The van der Waals surface area contributed by atoms with E-state index in [-0.39, 0.29) is 12.2 Å². The smallest absolute Gasteiger partial charge is 0.179 e. The van der Waals surface area contributed by atoms with Crippen molar-refractivity contribution in [2.45, 2.75) is 6.42 Å². The number of benzene rings is 2. The van der Waals surface area contributed by atoms with Gasteiger partial charge in [0.1, 0.15) is 0 Å². The van der Waals surface area contributed by atoms with Crippen LogP contribution in [0.25, 0.3) is 22.2 Å². The van der Waals surface area contributed by atoms with Gasteiger partial charge in [0.2, 0.25) is 0 Å². The summed E-state index contributed by atoms with van der Waals surface area (Å²) >= 11 is 0. The Morgan fingerprint density at radius 1 is 1.05 bits per heavy atom. The fraction of sp³-hybridized carbons (Fsp3) is 0.0588. The van der Waals surface area contributed by atoms with E-state index in [2.05, 4.69) is 4.98 Å². The highest BCUT2D eigenvalue weighted by molar-refractivity contribution is 6.13. The summed E-state index contributed by atoms with van der Waals surface area (Å²) in [4.78, 5) is 15.6. The maximum atomic E-state index is 12.3. The third-order valence-electron chi connectivity index (χ3n) is 3.29. The molecule has 0 spiro atoms. The lowest BCUT2D eigenvalue weighted by atomic mass is 10.0. The maximum Gasteiger partial charge on any atom is 0.179 e. The predicted molar refractivity (Wildman–Crippen MR) is 78.3 cm³/mol. The molecule has 0 radical (unpaired) electrons. The minimum atomic E-state index is -0.149. The van der Waals surface area contributed by atoms with Crippen LogP contribution in [0.15, 0.2) is 54.6 Å². The maximum absolute atomic E-state index is 12.3. The summed E-state index contributed by atoms with van der Waals surface area (Å²) in [5.41, 5.74) is 3.25. The second-order valence-electron chi connectivity index (χ2n) is 4.54. The molecule has 1 heterocycles. The summed E-state index contributed by atoms with van der Waals surface area (Å²) in [5.74, 6) is -0.149. The summed E-state index contributed by atoms with van der Waals surface area (Å²) in [6, 6.07) is 19.3. The van der Waals surface area contributed by atoms with Crippen molar-refractivity contribution in [1.29, 1.82) is 5.26 Å². The molecule has 0 aliphatic carbocycles. The van der Waals surface area contributed by atoms with Crippen molar-refractivity contribution >= 4 is 16.7 Å². The van der Waals surface area contributed by atoms with E-state index < -0.39 is 0 Å². The van der Waals surface area contributed by atoms with E-state index in [0.29, 0.717) is 5.56 Å². The highest BCUT2D eigenvalue weighted by Crippen LogP contribution is 2.31. The number of nitriles is 1. The normalized spacial score (nSPS) is 10.3. The number of nitrogens with one attached hydrogen (secondary N) is 1. The summed E-state index contributed by atoms with van der Waals surface area (Å²) < 4.78 is 0. The molecular formula is C17H12N2O. The van der Waals surface area contributed by atoms with Crippen molar-refractivity contribution in [3.8, 4) is 17.3 Å². The summed E-state index contributed by atoms with van der Waals surface area (Å²) in [6.45, 7) is 0. The molecule has 3 nitrogen and oxygen atoms in total. The number of nitrogens with zero attached hydrogens (tertiary/aromatic N) is 1. The van der Waals surface area contributed by atoms with Crippen LogP contribution < -0.4 is 0 Å². The van der Waals surface area contributed by atoms with Crippen molar-refractivity contribution in [1.82, 2.24) is 4.98 Å². The van der Waals surface area contributed by atoms with Gasteiger partial charge < -0.3 is 4.98 Å². The van der Waals surface area contributed by atoms with E-state index in [9.17, 15) is 4.79 Å². The van der Waals surface area contributed by atoms with Crippen LogP contribution in [-0.2, 0) is 0 Å². The highest BCUT2D eigenvalue weighted by Gasteiger charge is 2.18. The first-order valence-electron chi connectivity index (χ1n) is 6.37.